The molecule has 4 heterocycles. The molecule has 1 saturated heterocycles. The lowest BCUT2D eigenvalue weighted by Gasteiger charge is -2.31. The largest absolute Gasteiger partial charge is 0.338 e. The minimum atomic E-state index is 0.102. The van der Waals surface area contributed by atoms with Crippen LogP contribution in [0.2, 0.25) is 0 Å². The number of rotatable bonds is 4. The Bertz CT molecular complexity index is 800. The van der Waals surface area contributed by atoms with E-state index in [1.165, 1.54) is 0 Å². The molecule has 1 fully saturated rings. The van der Waals surface area contributed by atoms with E-state index in [-0.39, 0.29) is 6.04 Å². The lowest BCUT2D eigenvalue weighted by atomic mass is 10.0. The number of pyridine rings is 1. The van der Waals surface area contributed by atoms with Gasteiger partial charge in [0.1, 0.15) is 5.69 Å². The van der Waals surface area contributed by atoms with Gasteiger partial charge in [0.2, 0.25) is 17.6 Å². The maximum atomic E-state index is 5.40. The Balaban J connectivity index is 1.52. The van der Waals surface area contributed by atoms with Crippen LogP contribution >= 0.6 is 0 Å². The third-order valence-corrected chi connectivity index (χ3v) is 4.14. The molecule has 0 aliphatic carbocycles. The van der Waals surface area contributed by atoms with Gasteiger partial charge in [0.25, 0.3) is 0 Å². The molecular formula is C16H18N6O2. The molecule has 0 spiro atoms. The van der Waals surface area contributed by atoms with E-state index in [1.54, 1.807) is 6.20 Å². The molecule has 0 radical (unpaired) electrons. The zero-order valence-electron chi connectivity index (χ0n) is 13.4. The van der Waals surface area contributed by atoms with E-state index in [1.807, 2.05) is 25.1 Å². The highest BCUT2D eigenvalue weighted by atomic mass is 16.5. The molecule has 1 aliphatic rings. The number of aromatic nitrogens is 5. The third kappa shape index (κ3) is 3.05. The van der Waals surface area contributed by atoms with Crippen LogP contribution in [0.1, 0.15) is 42.9 Å². The molecule has 0 saturated carbocycles. The highest BCUT2D eigenvalue weighted by molar-refractivity contribution is 5.46. The summed E-state index contributed by atoms with van der Waals surface area (Å²) in [5, 5.41) is 7.93. The summed E-state index contributed by atoms with van der Waals surface area (Å²) in [5.41, 5.74) is 0.704. The molecule has 24 heavy (non-hydrogen) atoms. The van der Waals surface area contributed by atoms with Crippen LogP contribution in [-0.4, -0.2) is 36.7 Å². The molecule has 1 aliphatic heterocycles. The molecule has 1 atom stereocenters. The van der Waals surface area contributed by atoms with Crippen LogP contribution in [0, 0.1) is 6.92 Å². The van der Waals surface area contributed by atoms with Gasteiger partial charge < -0.3 is 9.05 Å². The highest BCUT2D eigenvalue weighted by Crippen LogP contribution is 2.31. The van der Waals surface area contributed by atoms with Crippen molar-refractivity contribution in [2.24, 2.45) is 0 Å². The molecule has 0 N–H and O–H groups in total. The summed E-state index contributed by atoms with van der Waals surface area (Å²) >= 11 is 0. The summed E-state index contributed by atoms with van der Waals surface area (Å²) in [5.74, 6) is 2.40. The van der Waals surface area contributed by atoms with Crippen molar-refractivity contribution >= 4 is 0 Å². The van der Waals surface area contributed by atoms with E-state index >= 15 is 0 Å². The number of piperidine rings is 1. The SMILES string of the molecule is Cc1noc([C@@H]2CCCCN2Cc2nc(-c3ccccn3)no2)n1. The van der Waals surface area contributed by atoms with E-state index in [9.17, 15) is 0 Å². The number of nitrogens with zero attached hydrogens (tertiary/aromatic N) is 6. The fourth-order valence-corrected chi connectivity index (χ4v) is 3.00. The molecular weight excluding hydrogens is 308 g/mol. The van der Waals surface area contributed by atoms with Crippen molar-refractivity contribution < 1.29 is 9.05 Å². The minimum Gasteiger partial charge on any atom is -0.338 e. The molecule has 0 aromatic carbocycles. The number of likely N-dealkylation sites (tertiary alicyclic amines) is 1. The van der Waals surface area contributed by atoms with Crippen molar-refractivity contribution in [2.45, 2.75) is 38.8 Å². The topological polar surface area (TPSA) is 94.0 Å². The van der Waals surface area contributed by atoms with Crippen LogP contribution in [-0.2, 0) is 6.54 Å². The number of hydrogen-bond donors (Lipinski definition) is 0. The van der Waals surface area contributed by atoms with Gasteiger partial charge in [-0.2, -0.15) is 9.97 Å². The second kappa shape index (κ2) is 6.48. The normalized spacial score (nSPS) is 18.8. The Hall–Kier alpha value is -2.61. The molecule has 0 amide bonds. The first-order chi connectivity index (χ1) is 11.8. The third-order valence-electron chi connectivity index (χ3n) is 4.14. The fraction of sp³-hybridized carbons (Fsp3) is 0.438. The lowest BCUT2D eigenvalue weighted by molar-refractivity contribution is 0.0986. The van der Waals surface area contributed by atoms with Gasteiger partial charge in [-0.1, -0.05) is 22.8 Å². The molecule has 0 unspecified atom stereocenters. The summed E-state index contributed by atoms with van der Waals surface area (Å²) in [4.78, 5) is 15.3. The van der Waals surface area contributed by atoms with Crippen molar-refractivity contribution in [3.63, 3.8) is 0 Å². The Morgan fingerprint density at radius 3 is 2.92 bits per heavy atom. The van der Waals surface area contributed by atoms with E-state index in [4.69, 9.17) is 9.05 Å². The number of aryl methyl sites for hydroxylation is 1. The monoisotopic (exact) mass is 326 g/mol. The van der Waals surface area contributed by atoms with Crippen molar-refractivity contribution in [1.82, 2.24) is 30.2 Å². The molecule has 8 nitrogen and oxygen atoms in total. The van der Waals surface area contributed by atoms with Gasteiger partial charge >= 0.3 is 0 Å². The maximum Gasteiger partial charge on any atom is 0.243 e. The standard InChI is InChI=1S/C16H18N6O2/c1-11-18-16(24-20-11)13-7-3-5-9-22(13)10-14-19-15(21-23-14)12-6-2-4-8-17-12/h2,4,6,8,13H,3,5,7,9-10H2,1H3/t13-/m0/s1. The quantitative estimate of drug-likeness (QED) is 0.722. The Morgan fingerprint density at radius 1 is 1.17 bits per heavy atom. The Morgan fingerprint density at radius 2 is 2.12 bits per heavy atom. The molecule has 124 valence electrons. The zero-order valence-corrected chi connectivity index (χ0v) is 13.4. The van der Waals surface area contributed by atoms with Crippen molar-refractivity contribution in [1.29, 1.82) is 0 Å². The average molecular weight is 326 g/mol. The minimum absolute atomic E-state index is 0.102. The fourth-order valence-electron chi connectivity index (χ4n) is 3.00. The highest BCUT2D eigenvalue weighted by Gasteiger charge is 2.29. The van der Waals surface area contributed by atoms with Gasteiger partial charge in [0.15, 0.2) is 5.82 Å². The Labute approximate surface area is 138 Å². The van der Waals surface area contributed by atoms with Crippen molar-refractivity contribution in [3.8, 4) is 11.5 Å². The van der Waals surface area contributed by atoms with Gasteiger partial charge in [-0.3, -0.25) is 9.88 Å². The summed E-state index contributed by atoms with van der Waals surface area (Å²) < 4.78 is 10.8. The zero-order chi connectivity index (χ0) is 16.4. The van der Waals surface area contributed by atoms with E-state index in [2.05, 4.69) is 30.2 Å². The summed E-state index contributed by atoms with van der Waals surface area (Å²) in [6.07, 6.45) is 4.98. The Kier molecular flexibility index (Phi) is 4.04. The molecule has 0 bridgehead atoms. The van der Waals surface area contributed by atoms with Crippen LogP contribution in [0.25, 0.3) is 11.5 Å². The number of hydrogen-bond acceptors (Lipinski definition) is 8. The van der Waals surface area contributed by atoms with E-state index < -0.39 is 0 Å². The molecule has 4 rings (SSSR count). The maximum absolute atomic E-state index is 5.40. The second-order valence-electron chi connectivity index (χ2n) is 5.89. The van der Waals surface area contributed by atoms with Crippen LogP contribution in [0.4, 0.5) is 0 Å². The van der Waals surface area contributed by atoms with Crippen LogP contribution in [0.15, 0.2) is 33.4 Å². The summed E-state index contributed by atoms with van der Waals surface area (Å²) in [6, 6.07) is 5.72. The van der Waals surface area contributed by atoms with Gasteiger partial charge in [-0.25, -0.2) is 0 Å². The second-order valence-corrected chi connectivity index (χ2v) is 5.89. The predicted molar refractivity (Wildman–Crippen MR) is 83.6 cm³/mol. The van der Waals surface area contributed by atoms with E-state index in [0.717, 1.165) is 25.8 Å². The summed E-state index contributed by atoms with van der Waals surface area (Å²) in [6.45, 7) is 3.33. The van der Waals surface area contributed by atoms with E-state index in [0.29, 0.717) is 35.7 Å². The van der Waals surface area contributed by atoms with Gasteiger partial charge in [-0.15, -0.1) is 0 Å². The van der Waals surface area contributed by atoms with Crippen molar-refractivity contribution in [2.75, 3.05) is 6.54 Å². The lowest BCUT2D eigenvalue weighted by Crippen LogP contribution is -2.33. The predicted octanol–water partition coefficient (Wildman–Crippen LogP) is 2.55. The first-order valence-electron chi connectivity index (χ1n) is 8.08. The smallest absolute Gasteiger partial charge is 0.243 e. The van der Waals surface area contributed by atoms with Crippen LogP contribution in [0.3, 0.4) is 0 Å². The molecule has 3 aromatic heterocycles. The van der Waals surface area contributed by atoms with Crippen molar-refractivity contribution in [3.05, 3.63) is 42.0 Å². The van der Waals surface area contributed by atoms with Gasteiger partial charge in [0.05, 0.1) is 12.6 Å². The van der Waals surface area contributed by atoms with Crippen LogP contribution < -0.4 is 0 Å². The van der Waals surface area contributed by atoms with Gasteiger partial charge in [0, 0.05) is 6.20 Å². The molecule has 8 heteroatoms. The molecule has 3 aromatic rings. The first kappa shape index (κ1) is 14.9. The summed E-state index contributed by atoms with van der Waals surface area (Å²) in [7, 11) is 0. The average Bonchev–Trinajstić information content (AvgIpc) is 3.25. The first-order valence-corrected chi connectivity index (χ1v) is 8.08. The van der Waals surface area contributed by atoms with Gasteiger partial charge in [-0.05, 0) is 38.4 Å². The van der Waals surface area contributed by atoms with Crippen LogP contribution in [0.5, 0.6) is 0 Å².